The maximum Gasteiger partial charge on any atom is 0.160 e. The van der Waals surface area contributed by atoms with Crippen molar-refractivity contribution in [2.45, 2.75) is 13.5 Å². The molecule has 1 aliphatic rings. The number of aryl methyl sites for hydroxylation is 1. The zero-order chi connectivity index (χ0) is 11.7. The van der Waals surface area contributed by atoms with E-state index in [2.05, 4.69) is 44.0 Å². The first-order valence-electron chi connectivity index (χ1n) is 6.06. The second-order valence-electron chi connectivity index (χ2n) is 4.58. The Kier molecular flexibility index (Phi) is 2.78. The molecule has 3 rings (SSSR count). The third-order valence-corrected chi connectivity index (χ3v) is 3.20. The molecule has 0 radical (unpaired) electrons. The van der Waals surface area contributed by atoms with Crippen molar-refractivity contribution in [3.8, 4) is 0 Å². The third-order valence-electron chi connectivity index (χ3n) is 3.20. The average Bonchev–Trinajstić information content (AvgIpc) is 2.73. The van der Waals surface area contributed by atoms with E-state index in [1.54, 1.807) is 0 Å². The van der Waals surface area contributed by atoms with Crippen LogP contribution in [0.1, 0.15) is 11.4 Å². The summed E-state index contributed by atoms with van der Waals surface area (Å²) >= 11 is 0. The van der Waals surface area contributed by atoms with Gasteiger partial charge in [-0.05, 0) is 18.6 Å². The second-order valence-corrected chi connectivity index (χ2v) is 4.58. The number of fused-ring (bicyclic) bond motifs is 1. The van der Waals surface area contributed by atoms with Gasteiger partial charge in [0.05, 0.1) is 6.54 Å². The molecule has 5 heteroatoms. The van der Waals surface area contributed by atoms with E-state index in [0.717, 1.165) is 44.2 Å². The SMILES string of the molecule is Cc1ccc2nnc(CN3CCNCC3)n2c1. The Morgan fingerprint density at radius 1 is 1.24 bits per heavy atom. The summed E-state index contributed by atoms with van der Waals surface area (Å²) in [5.74, 6) is 1.03. The quantitative estimate of drug-likeness (QED) is 0.815. The predicted octanol–water partition coefficient (Wildman–Crippen LogP) is 0.443. The van der Waals surface area contributed by atoms with E-state index in [1.165, 1.54) is 5.56 Å². The van der Waals surface area contributed by atoms with Crippen molar-refractivity contribution in [2.75, 3.05) is 26.2 Å². The number of aromatic nitrogens is 3. The first kappa shape index (κ1) is 10.7. The van der Waals surface area contributed by atoms with E-state index in [9.17, 15) is 0 Å². The Labute approximate surface area is 100 Å². The van der Waals surface area contributed by atoms with Crippen LogP contribution in [0.4, 0.5) is 0 Å². The molecular weight excluding hydrogens is 214 g/mol. The fraction of sp³-hybridized carbons (Fsp3) is 0.500. The van der Waals surface area contributed by atoms with E-state index in [4.69, 9.17) is 0 Å². The molecule has 17 heavy (non-hydrogen) atoms. The van der Waals surface area contributed by atoms with E-state index in [0.29, 0.717) is 0 Å². The molecule has 1 fully saturated rings. The summed E-state index contributed by atoms with van der Waals surface area (Å²) in [6.45, 7) is 7.27. The number of hydrogen-bond acceptors (Lipinski definition) is 4. The van der Waals surface area contributed by atoms with Crippen molar-refractivity contribution < 1.29 is 0 Å². The van der Waals surface area contributed by atoms with Crippen LogP contribution in [0.25, 0.3) is 5.65 Å². The van der Waals surface area contributed by atoms with Gasteiger partial charge in [0, 0.05) is 32.4 Å². The summed E-state index contributed by atoms with van der Waals surface area (Å²) in [5, 5.41) is 11.8. The smallest absolute Gasteiger partial charge is 0.160 e. The number of nitrogens with one attached hydrogen (secondary N) is 1. The molecule has 0 atom stereocenters. The molecule has 1 aliphatic heterocycles. The minimum atomic E-state index is 0.881. The molecule has 3 heterocycles. The largest absolute Gasteiger partial charge is 0.314 e. The molecule has 1 N–H and O–H groups in total. The standard InChI is InChI=1S/C12H17N5/c1-10-2-3-11-14-15-12(17(11)8-10)9-16-6-4-13-5-7-16/h2-3,8,13H,4-7,9H2,1H3. The van der Waals surface area contributed by atoms with Gasteiger partial charge in [0.1, 0.15) is 0 Å². The highest BCUT2D eigenvalue weighted by Crippen LogP contribution is 2.08. The molecular formula is C12H17N5. The molecule has 1 saturated heterocycles. The fourth-order valence-corrected chi connectivity index (χ4v) is 2.22. The third kappa shape index (κ3) is 2.16. The molecule has 5 nitrogen and oxygen atoms in total. The van der Waals surface area contributed by atoms with Crippen LogP contribution in [0.5, 0.6) is 0 Å². The Balaban J connectivity index is 1.86. The summed E-state index contributed by atoms with van der Waals surface area (Å²) in [6.07, 6.45) is 2.10. The molecule has 2 aromatic heterocycles. The molecule has 0 bridgehead atoms. The lowest BCUT2D eigenvalue weighted by Gasteiger charge is -2.26. The minimum Gasteiger partial charge on any atom is -0.314 e. The van der Waals surface area contributed by atoms with Gasteiger partial charge in [0.25, 0.3) is 0 Å². The summed E-state index contributed by atoms with van der Waals surface area (Å²) < 4.78 is 2.09. The number of nitrogens with zero attached hydrogens (tertiary/aromatic N) is 4. The fourth-order valence-electron chi connectivity index (χ4n) is 2.22. The monoisotopic (exact) mass is 231 g/mol. The van der Waals surface area contributed by atoms with E-state index in [1.807, 2.05) is 6.07 Å². The van der Waals surface area contributed by atoms with Crippen molar-refractivity contribution in [3.05, 3.63) is 29.7 Å². The van der Waals surface area contributed by atoms with Gasteiger partial charge in [-0.15, -0.1) is 10.2 Å². The van der Waals surface area contributed by atoms with Crippen LogP contribution in [0, 0.1) is 6.92 Å². The van der Waals surface area contributed by atoms with Crippen LogP contribution in [-0.2, 0) is 6.54 Å². The van der Waals surface area contributed by atoms with E-state index in [-0.39, 0.29) is 0 Å². The summed E-state index contributed by atoms with van der Waals surface area (Å²) in [6, 6.07) is 4.09. The average molecular weight is 231 g/mol. The number of pyridine rings is 1. The zero-order valence-electron chi connectivity index (χ0n) is 10.1. The lowest BCUT2D eigenvalue weighted by molar-refractivity contribution is 0.227. The summed E-state index contributed by atoms with van der Waals surface area (Å²) in [7, 11) is 0. The minimum absolute atomic E-state index is 0.881. The first-order chi connectivity index (χ1) is 8.33. The lowest BCUT2D eigenvalue weighted by Crippen LogP contribution is -2.43. The highest BCUT2D eigenvalue weighted by molar-refractivity contribution is 5.39. The van der Waals surface area contributed by atoms with Crippen molar-refractivity contribution in [2.24, 2.45) is 0 Å². The van der Waals surface area contributed by atoms with Crippen molar-refractivity contribution in [1.29, 1.82) is 0 Å². The molecule has 0 spiro atoms. The van der Waals surface area contributed by atoms with Gasteiger partial charge < -0.3 is 5.32 Å². The molecule has 0 unspecified atom stereocenters. The lowest BCUT2D eigenvalue weighted by atomic mass is 10.3. The number of piperazine rings is 1. The van der Waals surface area contributed by atoms with Gasteiger partial charge >= 0.3 is 0 Å². The Hall–Kier alpha value is -1.46. The van der Waals surface area contributed by atoms with Crippen LogP contribution < -0.4 is 5.32 Å². The maximum atomic E-state index is 4.28. The number of rotatable bonds is 2. The Bertz CT molecular complexity index is 513. The highest BCUT2D eigenvalue weighted by Gasteiger charge is 2.13. The molecule has 0 saturated carbocycles. The molecule has 0 amide bonds. The van der Waals surface area contributed by atoms with E-state index >= 15 is 0 Å². The van der Waals surface area contributed by atoms with Gasteiger partial charge in [-0.25, -0.2) is 0 Å². The van der Waals surface area contributed by atoms with Crippen molar-refractivity contribution in [3.63, 3.8) is 0 Å². The topological polar surface area (TPSA) is 45.5 Å². The van der Waals surface area contributed by atoms with Gasteiger partial charge in [0.2, 0.25) is 0 Å². The van der Waals surface area contributed by atoms with Crippen LogP contribution in [0.3, 0.4) is 0 Å². The molecule has 0 aromatic carbocycles. The first-order valence-corrected chi connectivity index (χ1v) is 6.06. The highest BCUT2D eigenvalue weighted by atomic mass is 15.3. The number of hydrogen-bond donors (Lipinski definition) is 1. The second kappa shape index (κ2) is 4.43. The Morgan fingerprint density at radius 2 is 2.06 bits per heavy atom. The maximum absolute atomic E-state index is 4.28. The van der Waals surface area contributed by atoms with Gasteiger partial charge in [-0.2, -0.15) is 0 Å². The molecule has 0 aliphatic carbocycles. The van der Waals surface area contributed by atoms with E-state index < -0.39 is 0 Å². The van der Waals surface area contributed by atoms with Gasteiger partial charge in [0.15, 0.2) is 11.5 Å². The molecule has 2 aromatic rings. The zero-order valence-corrected chi connectivity index (χ0v) is 10.1. The van der Waals surface area contributed by atoms with Gasteiger partial charge in [-0.1, -0.05) is 6.07 Å². The van der Waals surface area contributed by atoms with Crippen LogP contribution in [-0.4, -0.2) is 45.7 Å². The molecule has 90 valence electrons. The summed E-state index contributed by atoms with van der Waals surface area (Å²) in [4.78, 5) is 2.41. The van der Waals surface area contributed by atoms with Crippen molar-refractivity contribution >= 4 is 5.65 Å². The Morgan fingerprint density at radius 3 is 2.88 bits per heavy atom. The van der Waals surface area contributed by atoms with Crippen molar-refractivity contribution in [1.82, 2.24) is 24.8 Å². The van der Waals surface area contributed by atoms with Crippen LogP contribution in [0.15, 0.2) is 18.3 Å². The van der Waals surface area contributed by atoms with Crippen LogP contribution >= 0.6 is 0 Å². The normalized spacial score (nSPS) is 17.7. The van der Waals surface area contributed by atoms with Crippen LogP contribution in [0.2, 0.25) is 0 Å². The predicted molar refractivity (Wildman–Crippen MR) is 65.9 cm³/mol. The van der Waals surface area contributed by atoms with Gasteiger partial charge in [-0.3, -0.25) is 9.30 Å². The summed E-state index contributed by atoms with van der Waals surface area (Å²) in [5.41, 5.74) is 2.17.